The average molecular weight is 446 g/mol. The van der Waals surface area contributed by atoms with Crippen LogP contribution < -0.4 is 10.6 Å². The molecule has 1 aliphatic rings. The number of aromatic nitrogens is 3. The van der Waals surface area contributed by atoms with E-state index in [0.29, 0.717) is 40.5 Å². The highest BCUT2D eigenvalue weighted by Gasteiger charge is 2.25. The van der Waals surface area contributed by atoms with Gasteiger partial charge in [-0.1, -0.05) is 6.07 Å². The molecular formula is C24H20F2N6O. The highest BCUT2D eigenvalue weighted by atomic mass is 19.1. The van der Waals surface area contributed by atoms with Crippen LogP contribution in [0.15, 0.2) is 48.8 Å². The number of piperidine rings is 1. The predicted octanol–water partition coefficient (Wildman–Crippen LogP) is 3.85. The second-order valence-corrected chi connectivity index (χ2v) is 8.07. The first-order valence-electron chi connectivity index (χ1n) is 10.5. The number of imidazole rings is 1. The molecular weight excluding hydrogens is 426 g/mol. The maximum absolute atomic E-state index is 14.5. The molecule has 0 amide bonds. The quantitative estimate of drug-likeness (QED) is 0.496. The molecule has 2 aromatic carbocycles. The lowest BCUT2D eigenvalue weighted by atomic mass is 10.0. The van der Waals surface area contributed by atoms with Gasteiger partial charge < -0.3 is 15.7 Å². The van der Waals surface area contributed by atoms with Gasteiger partial charge in [-0.25, -0.2) is 18.7 Å². The molecule has 9 heteroatoms. The van der Waals surface area contributed by atoms with E-state index < -0.39 is 17.4 Å². The molecule has 1 saturated heterocycles. The van der Waals surface area contributed by atoms with Gasteiger partial charge in [-0.15, -0.1) is 0 Å². The molecule has 3 heterocycles. The molecule has 2 aromatic heterocycles. The molecule has 1 aliphatic heterocycles. The monoisotopic (exact) mass is 446 g/mol. The van der Waals surface area contributed by atoms with Crippen molar-refractivity contribution in [3.8, 4) is 34.3 Å². The molecule has 0 bridgehead atoms. The smallest absolute Gasteiger partial charge is 0.181 e. The van der Waals surface area contributed by atoms with Crippen molar-refractivity contribution in [1.29, 1.82) is 5.26 Å². The van der Waals surface area contributed by atoms with Crippen LogP contribution >= 0.6 is 0 Å². The Morgan fingerprint density at radius 3 is 2.64 bits per heavy atom. The van der Waals surface area contributed by atoms with E-state index in [4.69, 9.17) is 16.0 Å². The Bertz CT molecular complexity index is 1410. The van der Waals surface area contributed by atoms with Gasteiger partial charge in [-0.05, 0) is 43.2 Å². The number of halogens is 2. The number of nitriles is 1. The van der Waals surface area contributed by atoms with Gasteiger partial charge in [-0.2, -0.15) is 5.26 Å². The van der Waals surface area contributed by atoms with Crippen LogP contribution in [0.25, 0.3) is 28.2 Å². The van der Waals surface area contributed by atoms with Crippen LogP contribution in [-0.4, -0.2) is 38.6 Å². The molecule has 166 valence electrons. The van der Waals surface area contributed by atoms with Gasteiger partial charge in [0.1, 0.15) is 11.9 Å². The minimum Gasteiger partial charge on any atom is -0.505 e. The Kier molecular flexibility index (Phi) is 5.15. The van der Waals surface area contributed by atoms with Crippen LogP contribution in [0.5, 0.6) is 5.75 Å². The van der Waals surface area contributed by atoms with E-state index >= 15 is 0 Å². The zero-order valence-corrected chi connectivity index (χ0v) is 17.5. The van der Waals surface area contributed by atoms with E-state index in [-0.39, 0.29) is 11.6 Å². The lowest BCUT2D eigenvalue weighted by molar-refractivity contribution is 0.432. The standard InChI is InChI=1S/C24H20F2N6O/c25-18-10-14(3-4-16(18)12-27)21-22(15-5-6-20(33)19(26)11-15)32-9-7-29-23(24(32)30-21)31-8-1-2-17(28)13-31/h3-7,9-11,17,33H,1-2,8,13,28H2. The second-order valence-electron chi connectivity index (χ2n) is 8.07. The summed E-state index contributed by atoms with van der Waals surface area (Å²) in [7, 11) is 0. The molecule has 0 radical (unpaired) electrons. The molecule has 1 unspecified atom stereocenters. The van der Waals surface area contributed by atoms with Gasteiger partial charge in [0.25, 0.3) is 0 Å². The van der Waals surface area contributed by atoms with Gasteiger partial charge in [-0.3, -0.25) is 4.40 Å². The van der Waals surface area contributed by atoms with Gasteiger partial charge in [0.05, 0.1) is 17.0 Å². The van der Waals surface area contributed by atoms with Crippen molar-refractivity contribution in [2.24, 2.45) is 5.73 Å². The number of phenols is 1. The fourth-order valence-electron chi connectivity index (χ4n) is 4.27. The maximum Gasteiger partial charge on any atom is 0.181 e. The van der Waals surface area contributed by atoms with Crippen molar-refractivity contribution in [3.05, 3.63) is 66.0 Å². The summed E-state index contributed by atoms with van der Waals surface area (Å²) in [6, 6.07) is 10.1. The summed E-state index contributed by atoms with van der Waals surface area (Å²) in [6.45, 7) is 1.40. The fourth-order valence-corrected chi connectivity index (χ4v) is 4.27. The van der Waals surface area contributed by atoms with Crippen LogP contribution in [0.1, 0.15) is 18.4 Å². The van der Waals surface area contributed by atoms with Crippen molar-refractivity contribution in [3.63, 3.8) is 0 Å². The molecule has 0 saturated carbocycles. The van der Waals surface area contributed by atoms with Gasteiger partial charge in [0.15, 0.2) is 23.0 Å². The van der Waals surface area contributed by atoms with E-state index in [1.807, 2.05) is 6.07 Å². The minimum absolute atomic E-state index is 0.0218. The number of hydrogen-bond acceptors (Lipinski definition) is 6. The van der Waals surface area contributed by atoms with Crippen molar-refractivity contribution in [2.45, 2.75) is 18.9 Å². The minimum atomic E-state index is -0.782. The van der Waals surface area contributed by atoms with Crippen molar-refractivity contribution >= 4 is 11.5 Å². The summed E-state index contributed by atoms with van der Waals surface area (Å²) in [5.74, 6) is -1.29. The summed E-state index contributed by atoms with van der Waals surface area (Å²) in [5, 5.41) is 18.8. The second kappa shape index (κ2) is 8.15. The van der Waals surface area contributed by atoms with E-state index in [1.165, 1.54) is 24.3 Å². The summed E-state index contributed by atoms with van der Waals surface area (Å²) in [4.78, 5) is 11.4. The third-order valence-corrected chi connectivity index (χ3v) is 5.87. The fraction of sp³-hybridized carbons (Fsp3) is 0.208. The number of phenolic OH excluding ortho intramolecular Hbond substituents is 1. The van der Waals surface area contributed by atoms with Gasteiger partial charge in [0.2, 0.25) is 0 Å². The third kappa shape index (κ3) is 3.64. The summed E-state index contributed by atoms with van der Waals surface area (Å²) >= 11 is 0. The number of fused-ring (bicyclic) bond motifs is 1. The van der Waals surface area contributed by atoms with Crippen molar-refractivity contribution in [1.82, 2.24) is 14.4 Å². The van der Waals surface area contributed by atoms with E-state index in [9.17, 15) is 13.9 Å². The molecule has 0 aliphatic carbocycles. The zero-order valence-electron chi connectivity index (χ0n) is 17.5. The summed E-state index contributed by atoms with van der Waals surface area (Å²) in [6.07, 6.45) is 5.20. The molecule has 0 spiro atoms. The Balaban J connectivity index is 1.77. The number of nitrogens with zero attached hydrogens (tertiary/aromatic N) is 5. The normalized spacial score (nSPS) is 16.2. The summed E-state index contributed by atoms with van der Waals surface area (Å²) in [5.41, 5.74) is 8.41. The Morgan fingerprint density at radius 1 is 1.12 bits per heavy atom. The van der Waals surface area contributed by atoms with Crippen LogP contribution in [-0.2, 0) is 0 Å². The maximum atomic E-state index is 14.5. The molecule has 7 nitrogen and oxygen atoms in total. The van der Waals surface area contributed by atoms with Crippen LogP contribution in [0.3, 0.4) is 0 Å². The van der Waals surface area contributed by atoms with Crippen LogP contribution in [0, 0.1) is 23.0 Å². The number of benzene rings is 2. The SMILES string of the molecule is N#Cc1ccc(-c2nc3c(N4CCCC(N)C4)nccn3c2-c2ccc(O)c(F)c2)cc1F. The molecule has 33 heavy (non-hydrogen) atoms. The number of anilines is 1. The molecule has 1 atom stereocenters. The highest BCUT2D eigenvalue weighted by Crippen LogP contribution is 2.37. The first-order valence-corrected chi connectivity index (χ1v) is 10.5. The average Bonchev–Trinajstić information content (AvgIpc) is 3.20. The van der Waals surface area contributed by atoms with Crippen LogP contribution in [0.4, 0.5) is 14.6 Å². The Labute approximate surface area is 188 Å². The largest absolute Gasteiger partial charge is 0.505 e. The number of nitrogens with two attached hydrogens (primary N) is 1. The van der Waals surface area contributed by atoms with Crippen LogP contribution in [0.2, 0.25) is 0 Å². The number of rotatable bonds is 3. The first kappa shape index (κ1) is 20.8. The summed E-state index contributed by atoms with van der Waals surface area (Å²) < 4.78 is 30.5. The number of hydrogen-bond donors (Lipinski definition) is 2. The topological polar surface area (TPSA) is 103 Å². The lowest BCUT2D eigenvalue weighted by Crippen LogP contribution is -2.43. The third-order valence-electron chi connectivity index (χ3n) is 5.87. The molecule has 5 rings (SSSR count). The highest BCUT2D eigenvalue weighted by molar-refractivity contribution is 5.85. The first-order chi connectivity index (χ1) is 16.0. The van der Waals surface area contributed by atoms with E-state index in [0.717, 1.165) is 19.4 Å². The molecule has 4 aromatic rings. The van der Waals surface area contributed by atoms with Crippen molar-refractivity contribution in [2.75, 3.05) is 18.0 Å². The van der Waals surface area contributed by atoms with Gasteiger partial charge in [0, 0.05) is 42.7 Å². The van der Waals surface area contributed by atoms with Gasteiger partial charge >= 0.3 is 0 Å². The predicted molar refractivity (Wildman–Crippen MR) is 120 cm³/mol. The Morgan fingerprint density at radius 2 is 1.91 bits per heavy atom. The van der Waals surface area contributed by atoms with Crippen molar-refractivity contribution < 1.29 is 13.9 Å². The lowest BCUT2D eigenvalue weighted by Gasteiger charge is -2.31. The molecule has 1 fully saturated rings. The Hall–Kier alpha value is -4.03. The number of aromatic hydroxyl groups is 1. The molecule has 3 N–H and O–H groups in total. The van der Waals surface area contributed by atoms with E-state index in [2.05, 4.69) is 9.88 Å². The van der Waals surface area contributed by atoms with E-state index in [1.54, 1.807) is 28.9 Å². The zero-order chi connectivity index (χ0) is 23.1.